The van der Waals surface area contributed by atoms with Crippen LogP contribution in [0.4, 0.5) is 0 Å². The van der Waals surface area contributed by atoms with Gasteiger partial charge >= 0.3 is 0 Å². The van der Waals surface area contributed by atoms with Crippen LogP contribution in [0, 0.1) is 0 Å². The zero-order valence-electron chi connectivity index (χ0n) is 7.75. The SMILES string of the molecule is CC(Cl)C(=O)N(CCO)C(C)C. The van der Waals surface area contributed by atoms with Crippen LogP contribution < -0.4 is 0 Å². The second-order valence-corrected chi connectivity index (χ2v) is 3.62. The number of aliphatic hydroxyl groups is 1. The molecule has 0 aliphatic carbocycles. The number of amides is 1. The summed E-state index contributed by atoms with van der Waals surface area (Å²) in [5, 5.41) is 8.16. The summed E-state index contributed by atoms with van der Waals surface area (Å²) in [4.78, 5) is 12.9. The van der Waals surface area contributed by atoms with Crippen LogP contribution in [0.1, 0.15) is 20.8 Å². The molecular formula is C8H16ClNO2. The van der Waals surface area contributed by atoms with Crippen molar-refractivity contribution in [3.8, 4) is 0 Å². The molecule has 0 aromatic heterocycles. The summed E-state index contributed by atoms with van der Waals surface area (Å²) in [7, 11) is 0. The monoisotopic (exact) mass is 193 g/mol. The van der Waals surface area contributed by atoms with E-state index in [-0.39, 0.29) is 18.6 Å². The van der Waals surface area contributed by atoms with Gasteiger partial charge in [0.2, 0.25) is 5.91 Å². The van der Waals surface area contributed by atoms with E-state index in [1.54, 1.807) is 11.8 Å². The summed E-state index contributed by atoms with van der Waals surface area (Å²) in [5.74, 6) is -0.124. The lowest BCUT2D eigenvalue weighted by Crippen LogP contribution is -2.42. The normalized spacial score (nSPS) is 13.2. The van der Waals surface area contributed by atoms with E-state index in [1.807, 2.05) is 13.8 Å². The Balaban J connectivity index is 4.19. The van der Waals surface area contributed by atoms with E-state index in [0.717, 1.165) is 0 Å². The molecule has 1 unspecified atom stereocenters. The van der Waals surface area contributed by atoms with Gasteiger partial charge in [-0.15, -0.1) is 11.6 Å². The average molecular weight is 194 g/mol. The lowest BCUT2D eigenvalue weighted by atomic mass is 10.3. The fraction of sp³-hybridized carbons (Fsp3) is 0.875. The lowest BCUT2D eigenvalue weighted by Gasteiger charge is -2.26. The first-order valence-electron chi connectivity index (χ1n) is 4.06. The standard InChI is InChI=1S/C8H16ClNO2/c1-6(2)10(4-5-11)8(12)7(3)9/h6-7,11H,4-5H2,1-3H3. The van der Waals surface area contributed by atoms with Gasteiger partial charge in [-0.25, -0.2) is 0 Å². The molecule has 0 heterocycles. The highest BCUT2D eigenvalue weighted by molar-refractivity contribution is 6.30. The number of hydrogen-bond acceptors (Lipinski definition) is 2. The molecule has 1 amide bonds. The third-order valence-electron chi connectivity index (χ3n) is 1.59. The largest absolute Gasteiger partial charge is 0.395 e. The van der Waals surface area contributed by atoms with Crippen molar-refractivity contribution in [3.63, 3.8) is 0 Å². The number of rotatable bonds is 4. The summed E-state index contributed by atoms with van der Waals surface area (Å²) in [6, 6.07) is 0.0887. The van der Waals surface area contributed by atoms with Crippen molar-refractivity contribution in [1.29, 1.82) is 0 Å². The smallest absolute Gasteiger partial charge is 0.240 e. The number of hydrogen-bond donors (Lipinski definition) is 1. The highest BCUT2D eigenvalue weighted by Gasteiger charge is 2.19. The fourth-order valence-electron chi connectivity index (χ4n) is 0.959. The van der Waals surface area contributed by atoms with Crippen molar-refractivity contribution in [2.75, 3.05) is 13.2 Å². The zero-order valence-corrected chi connectivity index (χ0v) is 8.51. The maximum absolute atomic E-state index is 11.4. The van der Waals surface area contributed by atoms with Gasteiger partial charge in [-0.2, -0.15) is 0 Å². The molecule has 3 nitrogen and oxygen atoms in total. The molecular weight excluding hydrogens is 178 g/mol. The van der Waals surface area contributed by atoms with E-state index in [4.69, 9.17) is 16.7 Å². The molecule has 0 bridgehead atoms. The molecule has 0 radical (unpaired) electrons. The van der Waals surface area contributed by atoms with Crippen LogP contribution in [0.25, 0.3) is 0 Å². The molecule has 0 saturated heterocycles. The van der Waals surface area contributed by atoms with Crippen LogP contribution >= 0.6 is 11.6 Å². The predicted molar refractivity (Wildman–Crippen MR) is 49.2 cm³/mol. The molecule has 4 heteroatoms. The van der Waals surface area contributed by atoms with Crippen LogP contribution in [0.5, 0.6) is 0 Å². The number of halogens is 1. The fourth-order valence-corrected chi connectivity index (χ4v) is 1.08. The van der Waals surface area contributed by atoms with Gasteiger partial charge in [0.1, 0.15) is 5.38 Å². The Bertz CT molecular complexity index is 148. The summed E-state index contributed by atoms with van der Waals surface area (Å²) < 4.78 is 0. The highest BCUT2D eigenvalue weighted by atomic mass is 35.5. The van der Waals surface area contributed by atoms with Crippen molar-refractivity contribution in [3.05, 3.63) is 0 Å². The van der Waals surface area contributed by atoms with Crippen molar-refractivity contribution >= 4 is 17.5 Å². The Morgan fingerprint density at radius 2 is 2.00 bits per heavy atom. The number of alkyl halides is 1. The first kappa shape index (κ1) is 11.7. The molecule has 0 spiro atoms. The lowest BCUT2D eigenvalue weighted by molar-refractivity contribution is -0.132. The number of carbonyl (C=O) groups excluding carboxylic acids is 1. The van der Waals surface area contributed by atoms with Crippen LogP contribution in [0.3, 0.4) is 0 Å². The van der Waals surface area contributed by atoms with Gasteiger partial charge in [0.25, 0.3) is 0 Å². The van der Waals surface area contributed by atoms with Gasteiger partial charge in [0.15, 0.2) is 0 Å². The zero-order chi connectivity index (χ0) is 9.72. The van der Waals surface area contributed by atoms with Gasteiger partial charge in [0, 0.05) is 12.6 Å². The van der Waals surface area contributed by atoms with E-state index in [2.05, 4.69) is 0 Å². The first-order valence-corrected chi connectivity index (χ1v) is 4.49. The van der Waals surface area contributed by atoms with Crippen LogP contribution in [0.2, 0.25) is 0 Å². The van der Waals surface area contributed by atoms with Gasteiger partial charge in [-0.3, -0.25) is 4.79 Å². The Hall–Kier alpha value is -0.280. The second-order valence-electron chi connectivity index (χ2n) is 2.96. The second kappa shape index (κ2) is 5.38. The predicted octanol–water partition coefficient (Wildman–Crippen LogP) is 0.843. The van der Waals surface area contributed by atoms with E-state index in [9.17, 15) is 4.79 Å². The van der Waals surface area contributed by atoms with Crippen molar-refractivity contribution < 1.29 is 9.90 Å². The molecule has 0 aliphatic rings. The molecule has 1 N–H and O–H groups in total. The van der Waals surface area contributed by atoms with Gasteiger partial charge in [-0.05, 0) is 20.8 Å². The molecule has 0 aromatic carbocycles. The minimum Gasteiger partial charge on any atom is -0.395 e. The summed E-state index contributed by atoms with van der Waals surface area (Å²) in [5.41, 5.74) is 0. The Labute approximate surface area is 78.3 Å². The average Bonchev–Trinajstić information content (AvgIpc) is 1.98. The quantitative estimate of drug-likeness (QED) is 0.673. The number of aliphatic hydroxyl groups excluding tert-OH is 1. The maximum atomic E-state index is 11.4. The van der Waals surface area contributed by atoms with Crippen molar-refractivity contribution in [1.82, 2.24) is 4.90 Å². The molecule has 0 aromatic rings. The van der Waals surface area contributed by atoms with Gasteiger partial charge in [-0.1, -0.05) is 0 Å². The Kier molecular flexibility index (Phi) is 5.25. The molecule has 1 atom stereocenters. The van der Waals surface area contributed by atoms with Gasteiger partial charge in [0.05, 0.1) is 6.61 Å². The molecule has 72 valence electrons. The van der Waals surface area contributed by atoms with E-state index in [0.29, 0.717) is 6.54 Å². The van der Waals surface area contributed by atoms with E-state index in [1.165, 1.54) is 0 Å². The third kappa shape index (κ3) is 3.41. The molecule has 0 fully saturated rings. The van der Waals surface area contributed by atoms with Gasteiger partial charge < -0.3 is 10.0 Å². The summed E-state index contributed by atoms with van der Waals surface area (Å²) in [6.07, 6.45) is 0. The number of carbonyl (C=O) groups is 1. The topological polar surface area (TPSA) is 40.5 Å². The van der Waals surface area contributed by atoms with Crippen LogP contribution in [-0.2, 0) is 4.79 Å². The molecule has 0 rings (SSSR count). The van der Waals surface area contributed by atoms with E-state index < -0.39 is 5.38 Å². The first-order chi connectivity index (χ1) is 5.50. The van der Waals surface area contributed by atoms with Crippen molar-refractivity contribution in [2.45, 2.75) is 32.2 Å². The van der Waals surface area contributed by atoms with E-state index >= 15 is 0 Å². The molecule has 12 heavy (non-hydrogen) atoms. The Morgan fingerprint density at radius 1 is 1.50 bits per heavy atom. The van der Waals surface area contributed by atoms with Crippen LogP contribution in [-0.4, -0.2) is 40.5 Å². The maximum Gasteiger partial charge on any atom is 0.240 e. The Morgan fingerprint density at radius 3 is 2.25 bits per heavy atom. The minimum absolute atomic E-state index is 0.0203. The minimum atomic E-state index is -0.515. The van der Waals surface area contributed by atoms with Crippen LogP contribution in [0.15, 0.2) is 0 Å². The van der Waals surface area contributed by atoms with Crippen molar-refractivity contribution in [2.24, 2.45) is 0 Å². The molecule has 0 saturated carbocycles. The summed E-state index contributed by atoms with van der Waals surface area (Å²) >= 11 is 5.63. The summed E-state index contributed by atoms with van der Waals surface area (Å²) in [6.45, 7) is 5.76. The third-order valence-corrected chi connectivity index (χ3v) is 1.77. The number of nitrogens with zero attached hydrogens (tertiary/aromatic N) is 1. The highest BCUT2D eigenvalue weighted by Crippen LogP contribution is 2.05. The molecule has 0 aliphatic heterocycles.